The van der Waals surface area contributed by atoms with Crippen LogP contribution >= 0.6 is 23.4 Å². The molecule has 0 bridgehead atoms. The van der Waals surface area contributed by atoms with Crippen LogP contribution in [0.15, 0.2) is 38.9 Å². The average Bonchev–Trinajstić information content (AvgIpc) is 3.04. The normalized spacial score (nSPS) is 17.4. The minimum atomic E-state index is -0.650. The maximum Gasteiger partial charge on any atom is 0.349 e. The molecule has 26 heavy (non-hydrogen) atoms. The second-order valence-electron chi connectivity index (χ2n) is 5.55. The number of aliphatic imine (C=N–C) groups is 1. The Hall–Kier alpha value is -2.52. The molecule has 10 heteroatoms. The van der Waals surface area contributed by atoms with Gasteiger partial charge in [-0.25, -0.2) is 9.79 Å². The van der Waals surface area contributed by atoms with Gasteiger partial charge in [-0.15, -0.1) is 10.2 Å². The number of amides is 3. The molecule has 1 unspecified atom stereocenters. The molecule has 2 aromatic rings. The molecule has 0 N–H and O–H groups in total. The summed E-state index contributed by atoms with van der Waals surface area (Å²) >= 11 is 6.58. The van der Waals surface area contributed by atoms with E-state index in [2.05, 4.69) is 15.2 Å². The third-order valence-corrected chi connectivity index (χ3v) is 4.79. The fourth-order valence-electron chi connectivity index (χ4n) is 2.31. The first-order chi connectivity index (χ1) is 12.3. The van der Waals surface area contributed by atoms with Crippen LogP contribution in [0.5, 0.6) is 0 Å². The summed E-state index contributed by atoms with van der Waals surface area (Å²) in [6, 6.07) is 5.83. The number of imide groups is 1. The molecular weight excluding hydrogens is 380 g/mol. The van der Waals surface area contributed by atoms with Gasteiger partial charge in [-0.1, -0.05) is 11.6 Å². The molecule has 1 aromatic carbocycles. The molecular formula is C16H13ClN4O4S. The molecule has 134 valence electrons. The first-order valence-corrected chi connectivity index (χ1v) is 8.71. The van der Waals surface area contributed by atoms with Gasteiger partial charge in [-0.2, -0.15) is 0 Å². The van der Waals surface area contributed by atoms with Crippen molar-refractivity contribution in [2.45, 2.75) is 18.6 Å². The van der Waals surface area contributed by atoms with Gasteiger partial charge in [0, 0.05) is 41.5 Å². The average molecular weight is 393 g/mol. The SMILES string of the molecule is CC1=NC(=O)N(C)C(=O)C1Cc1nnc(SC(=O)c2ccc(Cl)cc2)o1. The summed E-state index contributed by atoms with van der Waals surface area (Å²) in [4.78, 5) is 40.7. The molecule has 0 saturated heterocycles. The summed E-state index contributed by atoms with van der Waals surface area (Å²) in [5, 5.41) is 8.01. The topological polar surface area (TPSA) is 106 Å². The molecule has 0 radical (unpaired) electrons. The van der Waals surface area contributed by atoms with Crippen molar-refractivity contribution in [3.8, 4) is 0 Å². The van der Waals surface area contributed by atoms with E-state index >= 15 is 0 Å². The Morgan fingerprint density at radius 3 is 2.65 bits per heavy atom. The fourth-order valence-corrected chi connectivity index (χ4v) is 3.06. The summed E-state index contributed by atoms with van der Waals surface area (Å²) in [6.07, 6.45) is 0.106. The number of hydrogen-bond donors (Lipinski definition) is 0. The molecule has 3 rings (SSSR count). The molecule has 3 amide bonds. The van der Waals surface area contributed by atoms with Crippen molar-refractivity contribution in [2.24, 2.45) is 10.9 Å². The Kier molecular flexibility index (Phi) is 5.19. The number of benzene rings is 1. The van der Waals surface area contributed by atoms with Crippen LogP contribution in [0.4, 0.5) is 4.79 Å². The first-order valence-electron chi connectivity index (χ1n) is 7.52. The van der Waals surface area contributed by atoms with Crippen molar-refractivity contribution in [1.29, 1.82) is 0 Å². The number of carbonyl (C=O) groups excluding carboxylic acids is 3. The molecule has 0 spiro atoms. The summed E-state index contributed by atoms with van der Waals surface area (Å²) < 4.78 is 5.44. The smallest absolute Gasteiger partial charge is 0.349 e. The van der Waals surface area contributed by atoms with Crippen molar-refractivity contribution in [1.82, 2.24) is 15.1 Å². The molecule has 0 saturated carbocycles. The standard InChI is InChI=1S/C16H13ClN4O4S/c1-8-11(13(22)21(2)15(24)18-8)7-12-19-20-16(25-12)26-14(23)9-3-5-10(17)6-4-9/h3-6,11H,7H2,1-2H3. The van der Waals surface area contributed by atoms with E-state index in [1.54, 1.807) is 31.2 Å². The van der Waals surface area contributed by atoms with Crippen LogP contribution in [-0.2, 0) is 11.2 Å². The maximum absolute atomic E-state index is 12.2. The number of urea groups is 1. The van der Waals surface area contributed by atoms with Gasteiger partial charge in [0.1, 0.15) is 0 Å². The van der Waals surface area contributed by atoms with E-state index in [4.69, 9.17) is 16.0 Å². The van der Waals surface area contributed by atoms with E-state index in [0.717, 1.165) is 16.7 Å². The van der Waals surface area contributed by atoms with Crippen molar-refractivity contribution < 1.29 is 18.8 Å². The van der Waals surface area contributed by atoms with E-state index < -0.39 is 11.9 Å². The molecule has 8 nitrogen and oxygen atoms in total. The van der Waals surface area contributed by atoms with Gasteiger partial charge in [0.15, 0.2) is 0 Å². The summed E-state index contributed by atoms with van der Waals surface area (Å²) in [5.74, 6) is -0.845. The fraction of sp³-hybridized carbons (Fsp3) is 0.250. The van der Waals surface area contributed by atoms with Crippen molar-refractivity contribution in [3.63, 3.8) is 0 Å². The van der Waals surface area contributed by atoms with Gasteiger partial charge in [-0.3, -0.25) is 14.5 Å². The van der Waals surface area contributed by atoms with Gasteiger partial charge in [0.2, 0.25) is 16.9 Å². The van der Waals surface area contributed by atoms with Gasteiger partial charge in [0.25, 0.3) is 5.22 Å². The quantitative estimate of drug-likeness (QED) is 0.736. The minimum absolute atomic E-state index is 0.0715. The molecule has 1 aromatic heterocycles. The molecule has 1 aliphatic heterocycles. The van der Waals surface area contributed by atoms with Crippen LogP contribution in [0.1, 0.15) is 23.2 Å². The number of rotatable bonds is 4. The zero-order valence-electron chi connectivity index (χ0n) is 13.8. The maximum atomic E-state index is 12.2. The lowest BCUT2D eigenvalue weighted by atomic mass is 9.97. The van der Waals surface area contributed by atoms with Crippen LogP contribution in [0.2, 0.25) is 5.02 Å². The largest absolute Gasteiger partial charge is 0.416 e. The first kappa shape index (κ1) is 18.3. The van der Waals surface area contributed by atoms with Crippen LogP contribution < -0.4 is 0 Å². The Morgan fingerprint density at radius 2 is 1.96 bits per heavy atom. The zero-order valence-corrected chi connectivity index (χ0v) is 15.4. The van der Waals surface area contributed by atoms with Gasteiger partial charge < -0.3 is 4.42 Å². The molecule has 0 aliphatic carbocycles. The molecule has 0 fully saturated rings. The van der Waals surface area contributed by atoms with Crippen molar-refractivity contribution in [2.75, 3.05) is 7.05 Å². The Bertz CT molecular complexity index is 909. The third kappa shape index (κ3) is 3.83. The lowest BCUT2D eigenvalue weighted by Gasteiger charge is -2.24. The highest BCUT2D eigenvalue weighted by molar-refractivity contribution is 8.14. The third-order valence-electron chi connectivity index (χ3n) is 3.78. The number of nitrogens with zero attached hydrogens (tertiary/aromatic N) is 4. The Labute approximate surface area is 157 Å². The number of halogens is 1. The number of aromatic nitrogens is 2. The van der Waals surface area contributed by atoms with Gasteiger partial charge in [-0.05, 0) is 31.2 Å². The Morgan fingerprint density at radius 1 is 1.27 bits per heavy atom. The highest BCUT2D eigenvalue weighted by Crippen LogP contribution is 2.24. The molecule has 1 aliphatic rings. The lowest BCUT2D eigenvalue weighted by Crippen LogP contribution is -2.44. The minimum Gasteiger partial charge on any atom is -0.416 e. The van der Waals surface area contributed by atoms with Crippen LogP contribution in [-0.4, -0.2) is 44.9 Å². The highest BCUT2D eigenvalue weighted by Gasteiger charge is 2.34. The summed E-state index contributed by atoms with van der Waals surface area (Å²) in [7, 11) is 1.37. The number of hydrogen-bond acceptors (Lipinski definition) is 7. The van der Waals surface area contributed by atoms with Crippen LogP contribution in [0.25, 0.3) is 0 Å². The summed E-state index contributed by atoms with van der Waals surface area (Å²) in [6.45, 7) is 1.60. The second kappa shape index (κ2) is 7.38. The van der Waals surface area contributed by atoms with E-state index in [0.29, 0.717) is 16.3 Å². The monoisotopic (exact) mass is 392 g/mol. The van der Waals surface area contributed by atoms with Crippen LogP contribution in [0, 0.1) is 5.92 Å². The number of thioether (sulfide) groups is 1. The second-order valence-corrected chi connectivity index (χ2v) is 6.91. The Balaban J connectivity index is 1.69. The predicted molar refractivity (Wildman–Crippen MR) is 94.4 cm³/mol. The number of carbonyl (C=O) groups is 3. The van der Waals surface area contributed by atoms with Crippen molar-refractivity contribution >= 4 is 46.1 Å². The summed E-state index contributed by atoms with van der Waals surface area (Å²) in [5.41, 5.74) is 0.840. The van der Waals surface area contributed by atoms with Gasteiger partial charge >= 0.3 is 6.03 Å². The zero-order chi connectivity index (χ0) is 18.8. The van der Waals surface area contributed by atoms with Crippen molar-refractivity contribution in [3.05, 3.63) is 40.7 Å². The predicted octanol–water partition coefficient (Wildman–Crippen LogP) is 2.87. The van der Waals surface area contributed by atoms with E-state index in [1.165, 1.54) is 7.05 Å². The highest BCUT2D eigenvalue weighted by atomic mass is 35.5. The van der Waals surface area contributed by atoms with E-state index in [9.17, 15) is 14.4 Å². The molecule has 1 atom stereocenters. The van der Waals surface area contributed by atoms with E-state index in [1.807, 2.05) is 0 Å². The lowest BCUT2D eigenvalue weighted by molar-refractivity contribution is -0.129. The van der Waals surface area contributed by atoms with Gasteiger partial charge in [0.05, 0.1) is 5.92 Å². The van der Waals surface area contributed by atoms with E-state index in [-0.39, 0.29) is 28.6 Å². The molecule has 2 heterocycles. The van der Waals surface area contributed by atoms with Crippen LogP contribution in [0.3, 0.4) is 0 Å².